The highest BCUT2D eigenvalue weighted by Gasteiger charge is 2.66. The topological polar surface area (TPSA) is 160 Å². The molecule has 1 spiro atoms. The SMILES string of the molecule is COC(=O)CCCCN1C(=O)[C@@]2(O[C@@H](CCn3cc(C(CO)c4ccccc4)nn3)[C@H]([Si](C)(C)O)[C@H]2C)c2cc(N3N=C(c4ccccc4)CCC3=O)ccc21. The van der Waals surface area contributed by atoms with E-state index in [1.807, 2.05) is 105 Å². The molecule has 4 heterocycles. The first-order valence-corrected chi connectivity index (χ1v) is 22.4. The number of anilines is 2. The third-order valence-electron chi connectivity index (χ3n) is 11.5. The molecule has 1 unspecified atom stereocenters. The fraction of sp³-hybridized carbons (Fsp3) is 0.429. The Bertz CT molecular complexity index is 2090. The average molecular weight is 779 g/mol. The van der Waals surface area contributed by atoms with E-state index >= 15 is 0 Å². The van der Waals surface area contributed by atoms with Crippen molar-refractivity contribution >= 4 is 43.2 Å². The van der Waals surface area contributed by atoms with Gasteiger partial charge in [-0.1, -0.05) is 72.8 Å². The van der Waals surface area contributed by atoms with Gasteiger partial charge in [0.1, 0.15) is 0 Å². The van der Waals surface area contributed by atoms with Crippen LogP contribution < -0.4 is 9.91 Å². The lowest BCUT2D eigenvalue weighted by atomic mass is 9.82. The maximum atomic E-state index is 15.0. The molecule has 1 fully saturated rings. The van der Waals surface area contributed by atoms with Crippen molar-refractivity contribution < 1.29 is 33.8 Å². The predicted octanol–water partition coefficient (Wildman–Crippen LogP) is 5.51. The van der Waals surface area contributed by atoms with E-state index in [0.717, 1.165) is 16.8 Å². The zero-order chi connectivity index (χ0) is 39.6. The van der Waals surface area contributed by atoms with E-state index in [9.17, 15) is 24.3 Å². The molecule has 2 amide bonds. The Kier molecular flexibility index (Phi) is 11.4. The lowest BCUT2D eigenvalue weighted by Crippen LogP contribution is -2.46. The number of ether oxygens (including phenoxy) is 2. The van der Waals surface area contributed by atoms with Gasteiger partial charge in [-0.15, -0.1) is 5.10 Å². The lowest BCUT2D eigenvalue weighted by molar-refractivity contribution is -0.146. The Labute approximate surface area is 328 Å². The van der Waals surface area contributed by atoms with Crippen LogP contribution in [0.5, 0.6) is 0 Å². The molecule has 0 saturated carbocycles. The molecule has 4 aromatic rings. The van der Waals surface area contributed by atoms with Crippen molar-refractivity contribution in [3.63, 3.8) is 0 Å². The molecule has 0 bridgehead atoms. The first kappa shape index (κ1) is 39.2. The van der Waals surface area contributed by atoms with E-state index in [1.54, 1.807) is 9.58 Å². The molecule has 0 aliphatic carbocycles. The van der Waals surface area contributed by atoms with Gasteiger partial charge >= 0.3 is 5.97 Å². The largest absolute Gasteiger partial charge is 0.469 e. The number of hydrogen-bond donors (Lipinski definition) is 2. The summed E-state index contributed by atoms with van der Waals surface area (Å²) >= 11 is 0. The minimum atomic E-state index is -2.98. The number of methoxy groups -OCH3 is 1. The van der Waals surface area contributed by atoms with E-state index in [4.69, 9.17) is 14.6 Å². The number of esters is 1. The molecule has 1 saturated heterocycles. The summed E-state index contributed by atoms with van der Waals surface area (Å²) in [6.07, 6.45) is 3.91. The molecule has 2 N–H and O–H groups in total. The number of unbranched alkanes of at least 4 members (excludes halogenated alkanes) is 1. The van der Waals surface area contributed by atoms with Crippen LogP contribution in [0.1, 0.15) is 73.8 Å². The van der Waals surface area contributed by atoms with Crippen LogP contribution in [-0.2, 0) is 36.0 Å². The molecule has 56 heavy (non-hydrogen) atoms. The van der Waals surface area contributed by atoms with Gasteiger partial charge in [0.2, 0.25) is 5.91 Å². The van der Waals surface area contributed by atoms with Gasteiger partial charge in [0.25, 0.3) is 5.91 Å². The van der Waals surface area contributed by atoms with Crippen LogP contribution in [0.3, 0.4) is 0 Å². The van der Waals surface area contributed by atoms with Crippen molar-refractivity contribution in [2.75, 3.05) is 30.2 Å². The number of nitrogens with zero attached hydrogens (tertiary/aromatic N) is 6. The monoisotopic (exact) mass is 778 g/mol. The summed E-state index contributed by atoms with van der Waals surface area (Å²) in [5.41, 5.74) is 3.39. The average Bonchev–Trinajstić information content (AvgIpc) is 3.86. The molecule has 14 heteroatoms. The second-order valence-corrected chi connectivity index (χ2v) is 19.5. The summed E-state index contributed by atoms with van der Waals surface area (Å²) in [4.78, 5) is 53.9. The van der Waals surface area contributed by atoms with E-state index in [1.165, 1.54) is 12.1 Å². The van der Waals surface area contributed by atoms with Gasteiger partial charge < -0.3 is 24.3 Å². The normalized spacial score (nSPS) is 22.8. The van der Waals surface area contributed by atoms with Crippen LogP contribution >= 0.6 is 0 Å². The maximum absolute atomic E-state index is 15.0. The smallest absolute Gasteiger partial charge is 0.305 e. The fourth-order valence-corrected chi connectivity index (χ4v) is 11.4. The standard InChI is InChI=1S/C42H50N6O7Si/c1-28-40(56(3,4)53)37(22-24-46-26-35(43-45-46)32(27-49)29-13-7-5-8-14-29)55-42(28)33-25-31(48-38(50)21-19-34(44-48)30-15-9-6-10-16-30)18-20-36(33)47(41(42)52)23-12-11-17-39(51)54-2/h5-10,13-16,18,20,25-26,28,32,37,40,49,53H,11-12,17,19,21-24,27H2,1-4H3/t28-,32?,37+,40-,42+/m1/s1. The number of benzene rings is 3. The highest BCUT2D eigenvalue weighted by molar-refractivity contribution is 6.71. The summed E-state index contributed by atoms with van der Waals surface area (Å²) in [6, 6.07) is 25.0. The lowest BCUT2D eigenvalue weighted by Gasteiger charge is -2.32. The molecule has 3 aromatic carbocycles. The summed E-state index contributed by atoms with van der Waals surface area (Å²) in [6.45, 7) is 6.40. The molecule has 13 nitrogen and oxygen atoms in total. The van der Waals surface area contributed by atoms with Gasteiger partial charge in [-0.25, -0.2) is 5.01 Å². The summed E-state index contributed by atoms with van der Waals surface area (Å²) in [7, 11) is -1.62. The van der Waals surface area contributed by atoms with Gasteiger partial charge in [-0.05, 0) is 61.7 Å². The number of hydrogen-bond acceptors (Lipinski definition) is 10. The molecule has 3 aliphatic heterocycles. The van der Waals surface area contributed by atoms with Crippen molar-refractivity contribution in [3.05, 3.63) is 107 Å². The molecule has 0 radical (unpaired) electrons. The number of amides is 2. The van der Waals surface area contributed by atoms with Crippen molar-refractivity contribution in [1.29, 1.82) is 0 Å². The Morgan fingerprint density at radius 3 is 2.45 bits per heavy atom. The predicted molar refractivity (Wildman–Crippen MR) is 214 cm³/mol. The second kappa shape index (κ2) is 16.2. The van der Waals surface area contributed by atoms with Crippen molar-refractivity contribution in [1.82, 2.24) is 15.0 Å². The summed E-state index contributed by atoms with van der Waals surface area (Å²) in [5, 5.41) is 25.2. The van der Waals surface area contributed by atoms with E-state index in [2.05, 4.69) is 10.3 Å². The first-order valence-electron chi connectivity index (χ1n) is 19.4. The van der Waals surface area contributed by atoms with Crippen LogP contribution in [-0.4, -0.2) is 83.1 Å². The third-order valence-corrected chi connectivity index (χ3v) is 14.0. The van der Waals surface area contributed by atoms with Crippen LogP contribution in [0.2, 0.25) is 18.6 Å². The Hall–Kier alpha value is -5.02. The first-order chi connectivity index (χ1) is 27.0. The van der Waals surface area contributed by atoms with E-state index in [0.29, 0.717) is 61.4 Å². The molecule has 294 valence electrons. The van der Waals surface area contributed by atoms with E-state index in [-0.39, 0.29) is 48.7 Å². The van der Waals surface area contributed by atoms with Crippen molar-refractivity contribution in [3.8, 4) is 0 Å². The van der Waals surface area contributed by atoms with Crippen molar-refractivity contribution in [2.24, 2.45) is 11.0 Å². The van der Waals surface area contributed by atoms with Crippen molar-refractivity contribution in [2.45, 2.75) is 88.3 Å². The van der Waals surface area contributed by atoms with Crippen LogP contribution in [0.25, 0.3) is 0 Å². The highest BCUT2D eigenvalue weighted by Crippen LogP contribution is 2.60. The summed E-state index contributed by atoms with van der Waals surface area (Å²) in [5.74, 6) is -1.43. The zero-order valence-electron chi connectivity index (χ0n) is 32.4. The number of fused-ring (bicyclic) bond motifs is 2. The number of hydrazone groups is 1. The van der Waals surface area contributed by atoms with Gasteiger partial charge in [-0.3, -0.25) is 19.1 Å². The minimum Gasteiger partial charge on any atom is -0.469 e. The third kappa shape index (κ3) is 7.45. The molecular weight excluding hydrogens is 729 g/mol. The fourth-order valence-electron chi connectivity index (χ4n) is 8.82. The number of carbonyl (C=O) groups is 3. The molecule has 5 atom stereocenters. The Morgan fingerprint density at radius 2 is 1.75 bits per heavy atom. The number of carbonyl (C=O) groups excluding carboxylic acids is 3. The van der Waals surface area contributed by atoms with Gasteiger partial charge in [0.05, 0.1) is 48.5 Å². The number of aryl methyl sites for hydroxylation is 1. The highest BCUT2D eigenvalue weighted by atomic mass is 28.4. The van der Waals surface area contributed by atoms with Gasteiger partial charge in [0.15, 0.2) is 13.9 Å². The second-order valence-electron chi connectivity index (χ2n) is 15.5. The Morgan fingerprint density at radius 1 is 1.02 bits per heavy atom. The quantitative estimate of drug-likeness (QED) is 0.0956. The Balaban J connectivity index is 1.22. The van der Waals surface area contributed by atoms with Crippen LogP contribution in [0.4, 0.5) is 11.4 Å². The number of aromatic nitrogens is 3. The molecule has 1 aromatic heterocycles. The minimum absolute atomic E-state index is 0.120. The van der Waals surface area contributed by atoms with Crippen LogP contribution in [0, 0.1) is 5.92 Å². The molecular formula is C42H50N6O7Si. The molecule has 3 aliphatic rings. The maximum Gasteiger partial charge on any atom is 0.305 e. The zero-order valence-corrected chi connectivity index (χ0v) is 33.4. The van der Waals surface area contributed by atoms with Gasteiger partial charge in [0, 0.05) is 55.6 Å². The molecule has 7 rings (SSSR count). The number of rotatable bonds is 14. The van der Waals surface area contributed by atoms with E-state index < -0.39 is 25.9 Å². The van der Waals surface area contributed by atoms with Gasteiger partial charge in [-0.2, -0.15) is 5.10 Å². The number of aliphatic hydroxyl groups excluding tert-OH is 1. The number of aliphatic hydroxyl groups is 1. The van der Waals surface area contributed by atoms with Crippen LogP contribution in [0.15, 0.2) is 90.2 Å². The summed E-state index contributed by atoms with van der Waals surface area (Å²) < 4.78 is 13.6.